The number of anilines is 1. The molecule has 1 aromatic carbocycles. The first kappa shape index (κ1) is 13.8. The van der Waals surface area contributed by atoms with Crippen LogP contribution in [-0.4, -0.2) is 24.7 Å². The largest absolute Gasteiger partial charge is 0.378 e. The number of nitrogens with two attached hydrogens (primary N) is 1. The molecule has 19 heavy (non-hydrogen) atoms. The van der Waals surface area contributed by atoms with E-state index >= 15 is 0 Å². The second-order valence-electron chi connectivity index (χ2n) is 4.94. The molecule has 0 spiro atoms. The van der Waals surface area contributed by atoms with Crippen molar-refractivity contribution in [1.82, 2.24) is 0 Å². The molecule has 0 saturated heterocycles. The minimum absolute atomic E-state index is 0.290. The maximum atomic E-state index is 13.2. The summed E-state index contributed by atoms with van der Waals surface area (Å²) >= 11 is 0. The third-order valence-electron chi connectivity index (χ3n) is 3.75. The lowest BCUT2D eigenvalue weighted by molar-refractivity contribution is -0.129. The predicted octanol–water partition coefficient (Wildman–Crippen LogP) is 2.05. The molecule has 1 saturated carbocycles. The van der Waals surface area contributed by atoms with Crippen LogP contribution in [0.15, 0.2) is 24.3 Å². The van der Waals surface area contributed by atoms with E-state index in [1.807, 2.05) is 0 Å². The Kier molecular flexibility index (Phi) is 4.04. The fraction of sp³-hybridized carbons (Fsp3) is 0.500. The molecule has 2 rings (SSSR count). The monoisotopic (exact) mass is 266 g/mol. The normalized spacial score (nSPS) is 26.9. The number of carbonyl (C=O) groups excluding carboxylic acids is 1. The Morgan fingerprint density at radius 2 is 2.32 bits per heavy atom. The zero-order valence-electron chi connectivity index (χ0n) is 11.0. The molecule has 1 aliphatic rings. The molecule has 104 valence electrons. The van der Waals surface area contributed by atoms with E-state index in [2.05, 4.69) is 5.32 Å². The third-order valence-corrected chi connectivity index (χ3v) is 3.75. The van der Waals surface area contributed by atoms with Crippen LogP contribution in [0.2, 0.25) is 0 Å². The summed E-state index contributed by atoms with van der Waals surface area (Å²) in [6.07, 6.45) is 2.96. The van der Waals surface area contributed by atoms with Gasteiger partial charge in [-0.25, -0.2) is 4.39 Å². The maximum Gasteiger partial charge on any atom is 0.245 e. The molecular formula is C14H19FN2O2. The van der Waals surface area contributed by atoms with Gasteiger partial charge in [0.05, 0.1) is 6.10 Å². The van der Waals surface area contributed by atoms with E-state index in [-0.39, 0.29) is 11.9 Å². The number of hydrogen-bond acceptors (Lipinski definition) is 3. The van der Waals surface area contributed by atoms with Gasteiger partial charge in [0.2, 0.25) is 5.91 Å². The average molecular weight is 266 g/mol. The van der Waals surface area contributed by atoms with E-state index in [1.165, 1.54) is 12.1 Å². The number of halogens is 1. The number of amides is 1. The Balaban J connectivity index is 2.31. The van der Waals surface area contributed by atoms with Crippen molar-refractivity contribution in [2.45, 2.75) is 37.3 Å². The highest BCUT2D eigenvalue weighted by atomic mass is 19.1. The maximum absolute atomic E-state index is 13.2. The van der Waals surface area contributed by atoms with Gasteiger partial charge >= 0.3 is 0 Å². The van der Waals surface area contributed by atoms with Crippen molar-refractivity contribution in [3.8, 4) is 0 Å². The summed E-state index contributed by atoms with van der Waals surface area (Å²) in [6, 6.07) is 6.02. The lowest BCUT2D eigenvalue weighted by Gasteiger charge is -2.42. The molecule has 0 heterocycles. The van der Waals surface area contributed by atoms with Crippen LogP contribution in [0.5, 0.6) is 0 Å². The van der Waals surface area contributed by atoms with Crippen LogP contribution in [0.4, 0.5) is 10.1 Å². The highest BCUT2D eigenvalue weighted by Crippen LogP contribution is 2.33. The van der Waals surface area contributed by atoms with E-state index in [4.69, 9.17) is 10.5 Å². The van der Waals surface area contributed by atoms with Crippen LogP contribution < -0.4 is 11.1 Å². The number of ether oxygens (including phenoxy) is 1. The van der Waals surface area contributed by atoms with Crippen LogP contribution in [0.25, 0.3) is 0 Å². The van der Waals surface area contributed by atoms with Crippen molar-refractivity contribution in [2.24, 2.45) is 5.73 Å². The minimum Gasteiger partial charge on any atom is -0.378 e. The first-order valence-electron chi connectivity index (χ1n) is 6.45. The average Bonchev–Trinajstić information content (AvgIpc) is 2.39. The van der Waals surface area contributed by atoms with Crippen LogP contribution in [0, 0.1) is 5.82 Å². The van der Waals surface area contributed by atoms with E-state index in [0.717, 1.165) is 19.3 Å². The number of primary amides is 1. The summed E-state index contributed by atoms with van der Waals surface area (Å²) < 4.78 is 18.7. The number of rotatable bonds is 4. The molecule has 2 atom stereocenters. The van der Waals surface area contributed by atoms with E-state index in [9.17, 15) is 9.18 Å². The first-order valence-corrected chi connectivity index (χ1v) is 6.45. The molecule has 1 amide bonds. The highest BCUT2D eigenvalue weighted by molar-refractivity contribution is 5.89. The smallest absolute Gasteiger partial charge is 0.245 e. The van der Waals surface area contributed by atoms with Crippen molar-refractivity contribution < 1.29 is 13.9 Å². The van der Waals surface area contributed by atoms with Gasteiger partial charge in [-0.2, -0.15) is 0 Å². The highest BCUT2D eigenvalue weighted by Gasteiger charge is 2.46. The Hall–Kier alpha value is -1.62. The van der Waals surface area contributed by atoms with E-state index in [1.54, 1.807) is 19.2 Å². The zero-order chi connectivity index (χ0) is 13.9. The van der Waals surface area contributed by atoms with Gasteiger partial charge < -0.3 is 15.8 Å². The first-order chi connectivity index (χ1) is 9.08. The Bertz CT molecular complexity index is 467. The minimum atomic E-state index is -0.958. The van der Waals surface area contributed by atoms with Gasteiger partial charge in [-0.05, 0) is 31.0 Å². The molecule has 0 bridgehead atoms. The summed E-state index contributed by atoms with van der Waals surface area (Å²) in [6.45, 7) is 0. The SMILES string of the molecule is COC1CCCCC1(Nc1cccc(F)c1)C(N)=O. The lowest BCUT2D eigenvalue weighted by atomic mass is 9.78. The lowest BCUT2D eigenvalue weighted by Crippen LogP contribution is -2.60. The van der Waals surface area contributed by atoms with Crippen molar-refractivity contribution in [3.63, 3.8) is 0 Å². The van der Waals surface area contributed by atoms with Crippen molar-refractivity contribution in [1.29, 1.82) is 0 Å². The third kappa shape index (κ3) is 2.71. The van der Waals surface area contributed by atoms with Crippen LogP contribution in [-0.2, 0) is 9.53 Å². The van der Waals surface area contributed by atoms with E-state index < -0.39 is 11.4 Å². The molecule has 1 fully saturated rings. The standard InChI is InChI=1S/C14H19FN2O2/c1-19-12-7-2-3-8-14(12,13(16)18)17-11-6-4-5-10(15)9-11/h4-6,9,12,17H,2-3,7-8H2,1H3,(H2,16,18). The Morgan fingerprint density at radius 1 is 1.53 bits per heavy atom. The van der Waals surface area contributed by atoms with Gasteiger partial charge in [-0.15, -0.1) is 0 Å². The number of hydrogen-bond donors (Lipinski definition) is 2. The predicted molar refractivity (Wildman–Crippen MR) is 71.2 cm³/mol. The summed E-state index contributed by atoms with van der Waals surface area (Å²) in [5.41, 5.74) is 5.17. The molecule has 2 unspecified atom stereocenters. The van der Waals surface area contributed by atoms with Crippen LogP contribution >= 0.6 is 0 Å². The fourth-order valence-corrected chi connectivity index (χ4v) is 2.77. The van der Waals surface area contributed by atoms with Gasteiger partial charge in [0, 0.05) is 12.8 Å². The topological polar surface area (TPSA) is 64.3 Å². The van der Waals surface area contributed by atoms with Crippen LogP contribution in [0.1, 0.15) is 25.7 Å². The number of benzene rings is 1. The molecule has 1 aliphatic carbocycles. The second kappa shape index (κ2) is 5.57. The summed E-state index contributed by atoms with van der Waals surface area (Å²) in [4.78, 5) is 11.9. The number of carbonyl (C=O) groups is 1. The molecule has 4 nitrogen and oxygen atoms in total. The molecule has 1 aromatic rings. The van der Waals surface area contributed by atoms with Crippen molar-refractivity contribution in [3.05, 3.63) is 30.1 Å². The summed E-state index contributed by atoms with van der Waals surface area (Å²) in [5, 5.41) is 3.10. The summed E-state index contributed by atoms with van der Waals surface area (Å²) in [5.74, 6) is -0.808. The number of nitrogens with one attached hydrogen (secondary N) is 1. The molecule has 5 heteroatoms. The van der Waals surface area contributed by atoms with Gasteiger partial charge in [-0.1, -0.05) is 18.9 Å². The van der Waals surface area contributed by atoms with Gasteiger partial charge in [0.25, 0.3) is 0 Å². The van der Waals surface area contributed by atoms with Gasteiger partial charge in [0.15, 0.2) is 0 Å². The van der Waals surface area contributed by atoms with Crippen LogP contribution in [0.3, 0.4) is 0 Å². The zero-order valence-corrected chi connectivity index (χ0v) is 11.0. The number of methoxy groups -OCH3 is 1. The molecule has 0 aromatic heterocycles. The Labute approximate surface area is 112 Å². The molecule has 0 aliphatic heterocycles. The van der Waals surface area contributed by atoms with Crippen molar-refractivity contribution >= 4 is 11.6 Å². The fourth-order valence-electron chi connectivity index (χ4n) is 2.77. The molecule has 0 radical (unpaired) electrons. The van der Waals surface area contributed by atoms with Gasteiger partial charge in [-0.3, -0.25) is 4.79 Å². The second-order valence-corrected chi connectivity index (χ2v) is 4.94. The summed E-state index contributed by atoms with van der Waals surface area (Å²) in [7, 11) is 1.57. The molecular weight excluding hydrogens is 247 g/mol. The van der Waals surface area contributed by atoms with Crippen molar-refractivity contribution in [2.75, 3.05) is 12.4 Å². The Morgan fingerprint density at radius 3 is 2.95 bits per heavy atom. The molecule has 3 N–H and O–H groups in total. The van der Waals surface area contributed by atoms with E-state index in [0.29, 0.717) is 12.1 Å². The van der Waals surface area contributed by atoms with Gasteiger partial charge in [0.1, 0.15) is 11.4 Å². The quantitative estimate of drug-likeness (QED) is 0.876.